The summed E-state index contributed by atoms with van der Waals surface area (Å²) in [5.41, 5.74) is 1.67. The van der Waals surface area contributed by atoms with Crippen LogP contribution in [0.5, 0.6) is 0 Å². The van der Waals surface area contributed by atoms with Gasteiger partial charge in [0.1, 0.15) is 5.76 Å². The van der Waals surface area contributed by atoms with Crippen molar-refractivity contribution in [1.29, 1.82) is 0 Å². The normalized spacial score (nSPS) is 12.0. The standard InChI is InChI=1S/C12H16O2.C2H6/c1-9(5-7-11(3)13)10(2)6-8-12(4)14;1-2/h5-8,13-14H,1,3H2,2,4H3;1-2H3/b7-5-,10-6+,12-8+;. The van der Waals surface area contributed by atoms with Crippen molar-refractivity contribution < 1.29 is 10.2 Å². The number of hydrogen-bond acceptors (Lipinski definition) is 2. The highest BCUT2D eigenvalue weighted by Crippen LogP contribution is 2.09. The quantitative estimate of drug-likeness (QED) is 0.539. The Hall–Kier alpha value is -1.70. The van der Waals surface area contributed by atoms with Gasteiger partial charge in [0.2, 0.25) is 0 Å². The van der Waals surface area contributed by atoms with E-state index >= 15 is 0 Å². The van der Waals surface area contributed by atoms with Gasteiger partial charge in [-0.05, 0) is 37.1 Å². The van der Waals surface area contributed by atoms with Gasteiger partial charge >= 0.3 is 0 Å². The van der Waals surface area contributed by atoms with E-state index < -0.39 is 0 Å². The molecule has 0 heterocycles. The number of aliphatic hydroxyl groups excluding tert-OH is 2. The van der Waals surface area contributed by atoms with E-state index in [1.807, 2.05) is 20.8 Å². The predicted octanol–water partition coefficient (Wildman–Crippen LogP) is 4.60. The fourth-order valence-electron chi connectivity index (χ4n) is 0.681. The number of rotatable bonds is 4. The maximum atomic E-state index is 8.92. The van der Waals surface area contributed by atoms with Gasteiger partial charge in [0.05, 0.1) is 5.76 Å². The van der Waals surface area contributed by atoms with Gasteiger partial charge in [-0.3, -0.25) is 0 Å². The molecule has 0 saturated heterocycles. The summed E-state index contributed by atoms with van der Waals surface area (Å²) in [5, 5.41) is 17.7. The van der Waals surface area contributed by atoms with Crippen molar-refractivity contribution in [3.63, 3.8) is 0 Å². The molecule has 0 unspecified atom stereocenters. The number of hydrogen-bond donors (Lipinski definition) is 2. The van der Waals surface area contributed by atoms with Crippen molar-refractivity contribution in [2.45, 2.75) is 27.7 Å². The summed E-state index contributed by atoms with van der Waals surface area (Å²) in [6, 6.07) is 0. The molecule has 0 aliphatic carbocycles. The first-order valence-electron chi connectivity index (χ1n) is 5.23. The Morgan fingerprint density at radius 2 is 1.44 bits per heavy atom. The lowest BCUT2D eigenvalue weighted by molar-refractivity contribution is 0.414. The van der Waals surface area contributed by atoms with Crippen LogP contribution in [0.2, 0.25) is 0 Å². The van der Waals surface area contributed by atoms with Gasteiger partial charge in [0, 0.05) is 0 Å². The molecular formula is C14H22O2. The zero-order valence-corrected chi connectivity index (χ0v) is 10.6. The average Bonchev–Trinajstić information content (AvgIpc) is 2.25. The van der Waals surface area contributed by atoms with E-state index in [1.165, 1.54) is 6.08 Å². The van der Waals surface area contributed by atoms with Crippen LogP contribution in [0.25, 0.3) is 0 Å². The van der Waals surface area contributed by atoms with Gasteiger partial charge in [0.25, 0.3) is 0 Å². The molecule has 0 aliphatic heterocycles. The highest BCUT2D eigenvalue weighted by molar-refractivity contribution is 5.39. The van der Waals surface area contributed by atoms with Gasteiger partial charge in [-0.15, -0.1) is 0 Å². The monoisotopic (exact) mass is 222 g/mol. The Morgan fingerprint density at radius 1 is 0.938 bits per heavy atom. The van der Waals surface area contributed by atoms with Crippen molar-refractivity contribution in [2.75, 3.05) is 0 Å². The van der Waals surface area contributed by atoms with Gasteiger partial charge in [-0.25, -0.2) is 0 Å². The van der Waals surface area contributed by atoms with Crippen molar-refractivity contribution in [2.24, 2.45) is 0 Å². The van der Waals surface area contributed by atoms with Crippen LogP contribution in [0.3, 0.4) is 0 Å². The molecule has 0 saturated carbocycles. The topological polar surface area (TPSA) is 40.5 Å². The summed E-state index contributed by atoms with van der Waals surface area (Å²) in [7, 11) is 0. The van der Waals surface area contributed by atoms with Gasteiger partial charge < -0.3 is 10.2 Å². The summed E-state index contributed by atoms with van der Waals surface area (Å²) < 4.78 is 0. The molecule has 0 aromatic heterocycles. The van der Waals surface area contributed by atoms with Gasteiger partial charge in [0.15, 0.2) is 0 Å². The number of allylic oxidation sites excluding steroid dienone is 7. The molecule has 2 nitrogen and oxygen atoms in total. The second kappa shape index (κ2) is 9.84. The van der Waals surface area contributed by atoms with E-state index in [2.05, 4.69) is 13.2 Å². The van der Waals surface area contributed by atoms with Gasteiger partial charge in [-0.1, -0.05) is 39.2 Å². The third kappa shape index (κ3) is 10.4. The summed E-state index contributed by atoms with van der Waals surface area (Å²) in [6.07, 6.45) is 6.47. The van der Waals surface area contributed by atoms with Crippen LogP contribution >= 0.6 is 0 Å². The minimum Gasteiger partial charge on any atom is -0.513 e. The van der Waals surface area contributed by atoms with Crippen molar-refractivity contribution in [1.82, 2.24) is 0 Å². The van der Waals surface area contributed by atoms with E-state index in [1.54, 1.807) is 25.2 Å². The fourth-order valence-corrected chi connectivity index (χ4v) is 0.681. The molecule has 0 amide bonds. The second-order valence-electron chi connectivity index (χ2n) is 3.01. The molecule has 0 radical (unpaired) electrons. The minimum atomic E-state index is -0.00664. The first-order chi connectivity index (χ1) is 7.43. The first kappa shape index (κ1) is 16.7. The first-order valence-corrected chi connectivity index (χ1v) is 5.23. The smallest absolute Gasteiger partial charge is 0.108 e. The van der Waals surface area contributed by atoms with Crippen LogP contribution in [0.1, 0.15) is 27.7 Å². The van der Waals surface area contributed by atoms with Crippen LogP contribution < -0.4 is 0 Å². The molecule has 2 N–H and O–H groups in total. The molecule has 2 heteroatoms. The molecule has 90 valence electrons. The highest BCUT2D eigenvalue weighted by atomic mass is 16.3. The summed E-state index contributed by atoms with van der Waals surface area (Å²) in [6.45, 7) is 14.6. The van der Waals surface area contributed by atoms with Crippen LogP contribution in [0.4, 0.5) is 0 Å². The molecular weight excluding hydrogens is 200 g/mol. The van der Waals surface area contributed by atoms with E-state index in [4.69, 9.17) is 10.2 Å². The van der Waals surface area contributed by atoms with E-state index in [-0.39, 0.29) is 11.5 Å². The summed E-state index contributed by atoms with van der Waals surface area (Å²) in [4.78, 5) is 0. The minimum absolute atomic E-state index is 0.00664. The van der Waals surface area contributed by atoms with Crippen LogP contribution in [-0.4, -0.2) is 10.2 Å². The molecule has 0 spiro atoms. The molecule has 0 aromatic carbocycles. The lowest BCUT2D eigenvalue weighted by Gasteiger charge is -1.98. The molecule has 0 rings (SSSR count). The summed E-state index contributed by atoms with van der Waals surface area (Å²) >= 11 is 0. The largest absolute Gasteiger partial charge is 0.513 e. The van der Waals surface area contributed by atoms with Crippen LogP contribution in [0.15, 0.2) is 60.1 Å². The van der Waals surface area contributed by atoms with Crippen molar-refractivity contribution in [3.8, 4) is 0 Å². The Labute approximate surface area is 98.6 Å². The third-order valence-corrected chi connectivity index (χ3v) is 1.56. The average molecular weight is 222 g/mol. The molecule has 0 bridgehead atoms. The SMILES string of the molecule is C=C(O)/C=C\C(=C)/C(C)=C/C=C(\C)O.CC. The lowest BCUT2D eigenvalue weighted by atomic mass is 10.1. The Morgan fingerprint density at radius 3 is 1.81 bits per heavy atom. The Bertz CT molecular complexity index is 314. The maximum Gasteiger partial charge on any atom is 0.108 e. The third-order valence-electron chi connectivity index (χ3n) is 1.56. The van der Waals surface area contributed by atoms with E-state index in [0.29, 0.717) is 0 Å². The number of aliphatic hydroxyl groups is 2. The van der Waals surface area contributed by atoms with Crippen LogP contribution in [0, 0.1) is 0 Å². The van der Waals surface area contributed by atoms with E-state index in [9.17, 15) is 0 Å². The molecule has 0 fully saturated rings. The zero-order chi connectivity index (χ0) is 13.1. The Balaban J connectivity index is 0. The lowest BCUT2D eigenvalue weighted by Crippen LogP contribution is -1.79. The van der Waals surface area contributed by atoms with Crippen LogP contribution in [-0.2, 0) is 0 Å². The van der Waals surface area contributed by atoms with Crippen molar-refractivity contribution >= 4 is 0 Å². The maximum absolute atomic E-state index is 8.92. The second-order valence-corrected chi connectivity index (χ2v) is 3.01. The highest BCUT2D eigenvalue weighted by Gasteiger charge is 1.90. The summed E-state index contributed by atoms with van der Waals surface area (Å²) in [5.74, 6) is 0.237. The predicted molar refractivity (Wildman–Crippen MR) is 71.5 cm³/mol. The molecule has 16 heavy (non-hydrogen) atoms. The van der Waals surface area contributed by atoms with Gasteiger partial charge in [-0.2, -0.15) is 0 Å². The molecule has 0 atom stereocenters. The Kier molecular flexibility index (Phi) is 10.3. The molecule has 0 aliphatic rings. The molecule has 0 aromatic rings. The zero-order valence-electron chi connectivity index (χ0n) is 10.6. The fraction of sp³-hybridized carbons (Fsp3) is 0.286. The van der Waals surface area contributed by atoms with E-state index in [0.717, 1.165) is 11.1 Å². The van der Waals surface area contributed by atoms with Crippen molar-refractivity contribution in [3.05, 3.63) is 60.1 Å².